The average molecular weight is 314 g/mol. The van der Waals surface area contributed by atoms with E-state index in [4.69, 9.17) is 14.3 Å². The molecule has 0 saturated carbocycles. The van der Waals surface area contributed by atoms with Crippen LogP contribution in [0.25, 0.3) is 0 Å². The molecule has 2 N–H and O–H groups in total. The molecule has 1 rings (SSSR count). The van der Waals surface area contributed by atoms with Crippen LogP contribution in [-0.4, -0.2) is 9.79 Å². The molecule has 0 aliphatic carbocycles. The van der Waals surface area contributed by atoms with Crippen LogP contribution in [0.1, 0.15) is 63.5 Å². The summed E-state index contributed by atoms with van der Waals surface area (Å²) in [6.07, 6.45) is 8.55. The van der Waals surface area contributed by atoms with E-state index >= 15 is 0 Å². The molecule has 21 heavy (non-hydrogen) atoms. The minimum atomic E-state index is -4.50. The van der Waals surface area contributed by atoms with Gasteiger partial charge in [-0.25, -0.2) is 4.57 Å². The van der Waals surface area contributed by atoms with Crippen LogP contribution in [0.4, 0.5) is 0 Å². The quantitative estimate of drug-likeness (QED) is 0.488. The molecule has 0 aromatic heterocycles. The van der Waals surface area contributed by atoms with Gasteiger partial charge < -0.3 is 4.52 Å². The Morgan fingerprint density at radius 1 is 1.00 bits per heavy atom. The fraction of sp³-hybridized carbons (Fsp3) is 0.625. The predicted molar refractivity (Wildman–Crippen MR) is 85.6 cm³/mol. The van der Waals surface area contributed by atoms with Crippen molar-refractivity contribution in [2.45, 2.75) is 65.2 Å². The maximum absolute atomic E-state index is 11.1. The standard InChI is InChI=1S/C16H27O4P/c1-3-5-6-7-8-12-15-14(10-4-2)11-9-13-16(15)20-21(17,18)19/h9,11,13H,3-8,10,12H2,1-2H3,(H2,17,18,19). The molecule has 4 nitrogen and oxygen atoms in total. The molecular weight excluding hydrogens is 287 g/mol. The van der Waals surface area contributed by atoms with Crippen molar-refractivity contribution < 1.29 is 18.9 Å². The van der Waals surface area contributed by atoms with E-state index in [2.05, 4.69) is 13.8 Å². The van der Waals surface area contributed by atoms with Gasteiger partial charge in [-0.3, -0.25) is 9.79 Å². The van der Waals surface area contributed by atoms with Gasteiger partial charge in [0.2, 0.25) is 0 Å². The van der Waals surface area contributed by atoms with Crippen molar-refractivity contribution in [1.82, 2.24) is 0 Å². The van der Waals surface area contributed by atoms with Gasteiger partial charge in [0.05, 0.1) is 0 Å². The second kappa shape index (κ2) is 9.24. The van der Waals surface area contributed by atoms with E-state index in [1.54, 1.807) is 12.1 Å². The molecule has 0 unspecified atom stereocenters. The lowest BCUT2D eigenvalue weighted by Gasteiger charge is -2.15. The van der Waals surface area contributed by atoms with Gasteiger partial charge in [0, 0.05) is 0 Å². The first-order chi connectivity index (χ1) is 9.98. The van der Waals surface area contributed by atoms with Crippen LogP contribution < -0.4 is 4.52 Å². The van der Waals surface area contributed by atoms with Gasteiger partial charge in [0.25, 0.3) is 0 Å². The van der Waals surface area contributed by atoms with Crippen LogP contribution >= 0.6 is 7.82 Å². The summed E-state index contributed by atoms with van der Waals surface area (Å²) in [5, 5.41) is 0. The smallest absolute Gasteiger partial charge is 0.404 e. The Bertz CT molecular complexity index is 467. The molecule has 0 amide bonds. The maximum Gasteiger partial charge on any atom is 0.524 e. The highest BCUT2D eigenvalue weighted by Gasteiger charge is 2.19. The van der Waals surface area contributed by atoms with Crippen LogP contribution in [0.15, 0.2) is 18.2 Å². The Labute approximate surface area is 127 Å². The van der Waals surface area contributed by atoms with Gasteiger partial charge in [0.15, 0.2) is 0 Å². The van der Waals surface area contributed by atoms with Crippen molar-refractivity contribution in [3.8, 4) is 5.75 Å². The molecule has 0 fully saturated rings. The zero-order chi connectivity index (χ0) is 15.7. The third kappa shape index (κ3) is 7.12. The van der Waals surface area contributed by atoms with Gasteiger partial charge in [-0.05, 0) is 36.5 Å². The van der Waals surface area contributed by atoms with E-state index in [1.165, 1.54) is 19.3 Å². The summed E-state index contributed by atoms with van der Waals surface area (Å²) in [5.74, 6) is 0.338. The lowest BCUT2D eigenvalue weighted by molar-refractivity contribution is 0.282. The Morgan fingerprint density at radius 3 is 2.33 bits per heavy atom. The molecule has 0 radical (unpaired) electrons. The number of rotatable bonds is 10. The highest BCUT2D eigenvalue weighted by molar-refractivity contribution is 7.46. The number of phosphoric ester groups is 1. The molecule has 1 aromatic rings. The number of benzene rings is 1. The molecule has 0 saturated heterocycles. The summed E-state index contributed by atoms with van der Waals surface area (Å²) in [6.45, 7) is 4.28. The monoisotopic (exact) mass is 314 g/mol. The summed E-state index contributed by atoms with van der Waals surface area (Å²) in [6, 6.07) is 5.48. The Morgan fingerprint density at radius 2 is 1.71 bits per heavy atom. The minimum Gasteiger partial charge on any atom is -0.404 e. The Hall–Kier alpha value is -0.830. The van der Waals surface area contributed by atoms with E-state index in [9.17, 15) is 4.57 Å². The molecule has 0 aliphatic rings. The fourth-order valence-electron chi connectivity index (χ4n) is 2.52. The first-order valence-corrected chi connectivity index (χ1v) is 9.36. The van der Waals surface area contributed by atoms with Crippen molar-refractivity contribution in [2.24, 2.45) is 0 Å². The first kappa shape index (κ1) is 18.2. The molecule has 0 spiro atoms. The Balaban J connectivity index is 2.81. The van der Waals surface area contributed by atoms with Gasteiger partial charge in [-0.15, -0.1) is 0 Å². The number of phosphoric acid groups is 1. The number of hydrogen-bond donors (Lipinski definition) is 2. The van der Waals surface area contributed by atoms with Crippen molar-refractivity contribution in [3.63, 3.8) is 0 Å². The van der Waals surface area contributed by atoms with Crippen LogP contribution in [0.5, 0.6) is 5.75 Å². The third-order valence-corrected chi connectivity index (χ3v) is 3.93. The van der Waals surface area contributed by atoms with Crippen LogP contribution in [-0.2, 0) is 17.4 Å². The summed E-state index contributed by atoms with van der Waals surface area (Å²) in [4.78, 5) is 18.1. The normalized spacial score (nSPS) is 11.6. The summed E-state index contributed by atoms with van der Waals surface area (Å²) in [5.41, 5.74) is 2.10. The highest BCUT2D eigenvalue weighted by Crippen LogP contribution is 2.40. The van der Waals surface area contributed by atoms with Gasteiger partial charge in [0.1, 0.15) is 5.75 Å². The topological polar surface area (TPSA) is 66.8 Å². The number of hydrogen-bond acceptors (Lipinski definition) is 2. The van der Waals surface area contributed by atoms with Crippen molar-refractivity contribution in [2.75, 3.05) is 0 Å². The molecule has 120 valence electrons. The molecule has 5 heteroatoms. The van der Waals surface area contributed by atoms with Gasteiger partial charge in [-0.1, -0.05) is 58.1 Å². The lowest BCUT2D eigenvalue weighted by atomic mass is 9.97. The summed E-state index contributed by atoms with van der Waals surface area (Å²) in [7, 11) is -4.50. The second-order valence-corrected chi connectivity index (χ2v) is 6.55. The van der Waals surface area contributed by atoms with E-state index in [0.29, 0.717) is 5.75 Å². The first-order valence-electron chi connectivity index (χ1n) is 7.83. The zero-order valence-electron chi connectivity index (χ0n) is 13.0. The molecule has 0 heterocycles. The third-order valence-electron chi connectivity index (χ3n) is 3.50. The molecule has 0 bridgehead atoms. The van der Waals surface area contributed by atoms with Crippen molar-refractivity contribution in [3.05, 3.63) is 29.3 Å². The number of aryl methyl sites for hydroxylation is 1. The van der Waals surface area contributed by atoms with Crippen LogP contribution in [0, 0.1) is 0 Å². The van der Waals surface area contributed by atoms with E-state index in [-0.39, 0.29) is 0 Å². The largest absolute Gasteiger partial charge is 0.524 e. The van der Waals surface area contributed by atoms with Crippen molar-refractivity contribution in [1.29, 1.82) is 0 Å². The van der Waals surface area contributed by atoms with Gasteiger partial charge >= 0.3 is 7.82 Å². The fourth-order valence-corrected chi connectivity index (χ4v) is 2.94. The minimum absolute atomic E-state index is 0.338. The van der Waals surface area contributed by atoms with Gasteiger partial charge in [-0.2, -0.15) is 0 Å². The molecule has 0 atom stereocenters. The average Bonchev–Trinajstić information content (AvgIpc) is 2.39. The maximum atomic E-state index is 11.1. The summed E-state index contributed by atoms with van der Waals surface area (Å²) >= 11 is 0. The van der Waals surface area contributed by atoms with E-state index in [1.807, 2.05) is 6.07 Å². The van der Waals surface area contributed by atoms with E-state index in [0.717, 1.165) is 43.2 Å². The van der Waals surface area contributed by atoms with E-state index < -0.39 is 7.82 Å². The highest BCUT2D eigenvalue weighted by atomic mass is 31.2. The molecular formula is C16H27O4P. The SMILES string of the molecule is CCCCCCCc1c(CCC)cccc1OP(=O)(O)O. The molecule has 0 aliphatic heterocycles. The second-order valence-electron chi connectivity index (χ2n) is 5.39. The van der Waals surface area contributed by atoms with Crippen LogP contribution in [0.2, 0.25) is 0 Å². The predicted octanol–water partition coefficient (Wildman–Crippen LogP) is 4.62. The lowest BCUT2D eigenvalue weighted by Crippen LogP contribution is -2.00. The van der Waals surface area contributed by atoms with Crippen LogP contribution in [0.3, 0.4) is 0 Å². The molecule has 1 aromatic carbocycles. The van der Waals surface area contributed by atoms with Crippen molar-refractivity contribution >= 4 is 7.82 Å². The number of unbranched alkanes of at least 4 members (excludes halogenated alkanes) is 4. The Kier molecular flexibility index (Phi) is 8.02. The summed E-state index contributed by atoms with van der Waals surface area (Å²) < 4.78 is 16.0. The zero-order valence-corrected chi connectivity index (χ0v) is 13.9.